The van der Waals surface area contributed by atoms with E-state index in [1.165, 1.54) is 0 Å². The van der Waals surface area contributed by atoms with Crippen molar-refractivity contribution in [3.8, 4) is 5.75 Å². The average Bonchev–Trinajstić information content (AvgIpc) is 2.76. The van der Waals surface area contributed by atoms with Crippen molar-refractivity contribution in [2.24, 2.45) is 0 Å². The van der Waals surface area contributed by atoms with Gasteiger partial charge in [-0.3, -0.25) is 4.79 Å². The van der Waals surface area contributed by atoms with Gasteiger partial charge in [0.05, 0.1) is 18.8 Å². The summed E-state index contributed by atoms with van der Waals surface area (Å²) in [6.07, 6.45) is 0.704. The number of benzene rings is 2. The monoisotopic (exact) mass is 444 g/mol. The summed E-state index contributed by atoms with van der Waals surface area (Å²) in [7, 11) is 1.63. The molecule has 1 heterocycles. The van der Waals surface area contributed by atoms with Crippen LogP contribution in [0.15, 0.2) is 60.7 Å². The lowest BCUT2D eigenvalue weighted by atomic mass is 9.98. The minimum absolute atomic E-state index is 0.0766. The van der Waals surface area contributed by atoms with Gasteiger partial charge in [-0.05, 0) is 53.9 Å². The predicted octanol–water partition coefficient (Wildman–Crippen LogP) is 4.90. The summed E-state index contributed by atoms with van der Waals surface area (Å²) >= 11 is 11.5. The van der Waals surface area contributed by atoms with Gasteiger partial charge in [-0.2, -0.15) is 0 Å². The quantitative estimate of drug-likeness (QED) is 0.430. The second-order valence-corrected chi connectivity index (χ2v) is 7.32. The summed E-state index contributed by atoms with van der Waals surface area (Å²) in [6, 6.07) is 18.9. The number of ether oxygens (including phenoxy) is 1. The minimum atomic E-state index is -0.343. The normalized spacial score (nSPS) is 11.6. The zero-order valence-corrected chi connectivity index (χ0v) is 17.9. The van der Waals surface area contributed by atoms with E-state index in [0.29, 0.717) is 22.9 Å². The molecule has 0 bridgehead atoms. The molecule has 1 unspecified atom stereocenters. The molecule has 0 fully saturated rings. The molecule has 0 saturated carbocycles. The number of halogens is 2. The zero-order valence-electron chi connectivity index (χ0n) is 16.4. The van der Waals surface area contributed by atoms with Gasteiger partial charge in [0.15, 0.2) is 0 Å². The molecule has 1 atom stereocenters. The molecule has 156 valence electrons. The van der Waals surface area contributed by atoms with E-state index in [4.69, 9.17) is 33.7 Å². The Morgan fingerprint density at radius 1 is 1.10 bits per heavy atom. The Morgan fingerprint density at radius 3 is 2.40 bits per heavy atom. The number of aromatic nitrogens is 1. The molecule has 30 heavy (non-hydrogen) atoms. The molecule has 0 aliphatic heterocycles. The van der Waals surface area contributed by atoms with Crippen molar-refractivity contribution in [2.45, 2.75) is 12.5 Å². The van der Waals surface area contributed by atoms with Crippen molar-refractivity contribution in [3.63, 3.8) is 0 Å². The molecule has 0 radical (unpaired) electrons. The van der Waals surface area contributed by atoms with Crippen LogP contribution in [0.5, 0.6) is 5.75 Å². The van der Waals surface area contributed by atoms with Crippen LogP contribution in [0.1, 0.15) is 17.2 Å². The first-order valence-electron chi connectivity index (χ1n) is 9.25. The zero-order chi connectivity index (χ0) is 21.5. The molecule has 4 N–H and O–H groups in total. The lowest BCUT2D eigenvalue weighted by Gasteiger charge is -2.21. The van der Waals surface area contributed by atoms with Gasteiger partial charge < -0.3 is 21.1 Å². The van der Waals surface area contributed by atoms with Crippen molar-refractivity contribution in [1.82, 2.24) is 4.98 Å². The third-order valence-corrected chi connectivity index (χ3v) is 5.01. The molecule has 0 spiro atoms. The molecule has 6 nitrogen and oxygen atoms in total. The molecule has 3 rings (SSSR count). The van der Waals surface area contributed by atoms with E-state index in [-0.39, 0.29) is 23.6 Å². The number of anilines is 3. The smallest absolute Gasteiger partial charge is 0.239 e. The van der Waals surface area contributed by atoms with E-state index in [9.17, 15) is 4.79 Å². The summed E-state index contributed by atoms with van der Waals surface area (Å²) in [5.74, 6) is 1.08. The van der Waals surface area contributed by atoms with Crippen molar-refractivity contribution in [2.75, 3.05) is 29.4 Å². The number of methoxy groups -OCH3 is 1. The molecular weight excluding hydrogens is 423 g/mol. The number of hydrogen-bond acceptors (Lipinski definition) is 5. The lowest BCUT2D eigenvalue weighted by molar-refractivity contribution is -0.113. The SMILES string of the molecule is COc1ccc(C(Cc2ccc(Cl)cc2)Nc2ccc(NC(=O)CCl)c(N)n2)cc1. The van der Waals surface area contributed by atoms with E-state index in [1.54, 1.807) is 19.2 Å². The number of nitrogens with one attached hydrogen (secondary N) is 2. The van der Waals surface area contributed by atoms with Gasteiger partial charge in [-0.1, -0.05) is 35.9 Å². The second-order valence-electron chi connectivity index (χ2n) is 6.61. The predicted molar refractivity (Wildman–Crippen MR) is 123 cm³/mol. The van der Waals surface area contributed by atoms with Crippen LogP contribution >= 0.6 is 23.2 Å². The Hall–Kier alpha value is -2.96. The van der Waals surface area contributed by atoms with Crippen LogP contribution in [0.3, 0.4) is 0 Å². The van der Waals surface area contributed by atoms with Crippen LogP contribution in [0.4, 0.5) is 17.3 Å². The fraction of sp³-hybridized carbons (Fsp3) is 0.182. The highest BCUT2D eigenvalue weighted by Gasteiger charge is 2.15. The van der Waals surface area contributed by atoms with E-state index < -0.39 is 0 Å². The van der Waals surface area contributed by atoms with E-state index in [1.807, 2.05) is 48.5 Å². The number of pyridine rings is 1. The standard InChI is InChI=1S/C22H22Cl2N4O2/c1-30-17-8-4-15(5-9-17)19(12-14-2-6-16(24)7-3-14)26-20-11-10-18(22(25)28-20)27-21(29)13-23/h2-11,19H,12-13H2,1H3,(H,27,29)(H3,25,26,28). The highest BCUT2D eigenvalue weighted by molar-refractivity contribution is 6.30. The summed E-state index contributed by atoms with van der Waals surface area (Å²) in [4.78, 5) is 15.9. The fourth-order valence-electron chi connectivity index (χ4n) is 2.97. The molecular formula is C22H22Cl2N4O2. The highest BCUT2D eigenvalue weighted by atomic mass is 35.5. The van der Waals surface area contributed by atoms with Crippen molar-refractivity contribution >= 4 is 46.4 Å². The number of nitrogens with two attached hydrogens (primary N) is 1. The Labute approximate surface area is 185 Å². The number of carbonyl (C=O) groups excluding carboxylic acids is 1. The first-order chi connectivity index (χ1) is 14.5. The van der Waals surface area contributed by atoms with Crippen LogP contribution in [0.2, 0.25) is 5.02 Å². The van der Waals surface area contributed by atoms with Gasteiger partial charge in [-0.15, -0.1) is 11.6 Å². The number of nitrogens with zero attached hydrogens (tertiary/aromatic N) is 1. The Bertz CT molecular complexity index is 995. The summed E-state index contributed by atoms with van der Waals surface area (Å²) in [5, 5.41) is 6.74. The first-order valence-corrected chi connectivity index (χ1v) is 10.2. The van der Waals surface area contributed by atoms with Gasteiger partial charge >= 0.3 is 0 Å². The third-order valence-electron chi connectivity index (χ3n) is 4.51. The van der Waals surface area contributed by atoms with Gasteiger partial charge in [-0.25, -0.2) is 4.98 Å². The third kappa shape index (κ3) is 5.78. The van der Waals surface area contributed by atoms with Crippen LogP contribution in [-0.4, -0.2) is 23.9 Å². The summed E-state index contributed by atoms with van der Waals surface area (Å²) in [5.41, 5.74) is 8.61. The topological polar surface area (TPSA) is 89.3 Å². The lowest BCUT2D eigenvalue weighted by Crippen LogP contribution is -2.17. The fourth-order valence-corrected chi connectivity index (χ4v) is 3.16. The number of hydrogen-bond donors (Lipinski definition) is 3. The van der Waals surface area contributed by atoms with Crippen LogP contribution in [0, 0.1) is 0 Å². The van der Waals surface area contributed by atoms with Gasteiger partial charge in [0.25, 0.3) is 0 Å². The number of nitrogen functional groups attached to an aromatic ring is 1. The van der Waals surface area contributed by atoms with Crippen molar-refractivity contribution in [3.05, 3.63) is 76.8 Å². The molecule has 3 aromatic rings. The average molecular weight is 445 g/mol. The van der Waals surface area contributed by atoms with Crippen molar-refractivity contribution < 1.29 is 9.53 Å². The molecule has 8 heteroatoms. The van der Waals surface area contributed by atoms with E-state index in [0.717, 1.165) is 16.9 Å². The van der Waals surface area contributed by atoms with Gasteiger partial charge in [0.2, 0.25) is 5.91 Å². The maximum absolute atomic E-state index is 11.5. The Morgan fingerprint density at radius 2 is 1.80 bits per heavy atom. The number of rotatable bonds is 8. The molecule has 2 aromatic carbocycles. The Kier molecular flexibility index (Phi) is 7.38. The largest absolute Gasteiger partial charge is 0.497 e. The first kappa shape index (κ1) is 21.7. The molecule has 1 aromatic heterocycles. The molecule has 1 amide bonds. The Balaban J connectivity index is 1.84. The number of carbonyl (C=O) groups is 1. The van der Waals surface area contributed by atoms with Crippen molar-refractivity contribution in [1.29, 1.82) is 0 Å². The highest BCUT2D eigenvalue weighted by Crippen LogP contribution is 2.27. The summed E-state index contributed by atoms with van der Waals surface area (Å²) < 4.78 is 5.26. The van der Waals surface area contributed by atoms with Gasteiger partial charge in [0, 0.05) is 5.02 Å². The van der Waals surface area contributed by atoms with Gasteiger partial charge in [0.1, 0.15) is 23.3 Å². The maximum atomic E-state index is 11.5. The van der Waals surface area contributed by atoms with Crippen LogP contribution < -0.4 is 21.1 Å². The molecule has 0 aliphatic carbocycles. The molecule has 0 aliphatic rings. The van der Waals surface area contributed by atoms with Crippen LogP contribution in [-0.2, 0) is 11.2 Å². The maximum Gasteiger partial charge on any atom is 0.239 e. The minimum Gasteiger partial charge on any atom is -0.497 e. The van der Waals surface area contributed by atoms with E-state index in [2.05, 4.69) is 15.6 Å². The number of alkyl halides is 1. The summed E-state index contributed by atoms with van der Waals surface area (Å²) in [6.45, 7) is 0. The second kappa shape index (κ2) is 10.2. The van der Waals surface area contributed by atoms with Crippen LogP contribution in [0.25, 0.3) is 0 Å². The number of amides is 1. The molecule has 0 saturated heterocycles. The van der Waals surface area contributed by atoms with E-state index >= 15 is 0 Å².